The Morgan fingerprint density at radius 3 is 2.12 bits per heavy atom. The maximum atomic E-state index is 13.1. The minimum absolute atomic E-state index is 0.0399. The molecule has 1 N–H and O–H groups in total. The van der Waals surface area contributed by atoms with Crippen LogP contribution in [0.2, 0.25) is 0 Å². The standard InChI is InChI=1S/C18H24N2O4S/c1-19(2)13-16(21)14-20(15-9-11-17(24-3)12-10-15)25(22,23)18-7-5-4-6-8-18/h4-12,16,21H,13-14H2,1-3H3/t16-/m1/s1. The molecule has 6 nitrogen and oxygen atoms in total. The first-order valence-electron chi connectivity index (χ1n) is 7.89. The van der Waals surface area contributed by atoms with Gasteiger partial charge in [0.05, 0.1) is 30.3 Å². The van der Waals surface area contributed by atoms with Gasteiger partial charge in [0.25, 0.3) is 10.0 Å². The lowest BCUT2D eigenvalue weighted by atomic mass is 10.2. The van der Waals surface area contributed by atoms with Crippen LogP contribution < -0.4 is 9.04 Å². The van der Waals surface area contributed by atoms with E-state index in [0.717, 1.165) is 0 Å². The van der Waals surface area contributed by atoms with E-state index in [9.17, 15) is 13.5 Å². The molecule has 0 saturated heterocycles. The van der Waals surface area contributed by atoms with Crippen LogP contribution in [0.25, 0.3) is 0 Å². The number of aliphatic hydroxyl groups excluding tert-OH is 1. The highest BCUT2D eigenvalue weighted by Gasteiger charge is 2.27. The molecule has 25 heavy (non-hydrogen) atoms. The summed E-state index contributed by atoms with van der Waals surface area (Å²) in [4.78, 5) is 1.99. The van der Waals surface area contributed by atoms with Crippen molar-refractivity contribution in [3.8, 4) is 5.75 Å². The van der Waals surface area contributed by atoms with Gasteiger partial charge < -0.3 is 14.7 Å². The first kappa shape index (κ1) is 19.2. The Labute approximate surface area is 149 Å². The number of methoxy groups -OCH3 is 1. The van der Waals surface area contributed by atoms with Crippen LogP contribution in [0.3, 0.4) is 0 Å². The van der Waals surface area contributed by atoms with Crippen molar-refractivity contribution < 1.29 is 18.3 Å². The monoisotopic (exact) mass is 364 g/mol. The van der Waals surface area contributed by atoms with Crippen molar-refractivity contribution in [2.24, 2.45) is 0 Å². The molecule has 136 valence electrons. The molecule has 0 bridgehead atoms. The van der Waals surface area contributed by atoms with Gasteiger partial charge in [-0.25, -0.2) is 8.42 Å². The summed E-state index contributed by atoms with van der Waals surface area (Å²) in [6.45, 7) is 0.318. The van der Waals surface area contributed by atoms with Gasteiger partial charge in [0.2, 0.25) is 0 Å². The highest BCUT2D eigenvalue weighted by atomic mass is 32.2. The van der Waals surface area contributed by atoms with E-state index in [-0.39, 0.29) is 11.4 Å². The molecule has 0 aromatic heterocycles. The zero-order chi connectivity index (χ0) is 18.4. The lowest BCUT2D eigenvalue weighted by molar-refractivity contribution is 0.145. The highest BCUT2D eigenvalue weighted by molar-refractivity contribution is 7.92. The van der Waals surface area contributed by atoms with Gasteiger partial charge >= 0.3 is 0 Å². The molecule has 7 heteroatoms. The van der Waals surface area contributed by atoms with Gasteiger partial charge in [-0.1, -0.05) is 18.2 Å². The quantitative estimate of drug-likeness (QED) is 0.774. The lowest BCUT2D eigenvalue weighted by Gasteiger charge is -2.28. The van der Waals surface area contributed by atoms with Gasteiger partial charge in [-0.2, -0.15) is 0 Å². The Hall–Kier alpha value is -2.09. The second kappa shape index (κ2) is 8.33. The van der Waals surface area contributed by atoms with Gasteiger partial charge in [0, 0.05) is 6.54 Å². The number of anilines is 1. The third-order valence-electron chi connectivity index (χ3n) is 3.64. The smallest absolute Gasteiger partial charge is 0.264 e. The third kappa shape index (κ3) is 4.94. The van der Waals surface area contributed by atoms with E-state index >= 15 is 0 Å². The highest BCUT2D eigenvalue weighted by Crippen LogP contribution is 2.26. The average Bonchev–Trinajstić information content (AvgIpc) is 2.60. The molecule has 1 atom stereocenters. The number of nitrogens with zero attached hydrogens (tertiary/aromatic N) is 2. The van der Waals surface area contributed by atoms with Crippen LogP contribution in [-0.4, -0.2) is 58.8 Å². The molecule has 0 spiro atoms. The van der Waals surface area contributed by atoms with Crippen molar-refractivity contribution in [3.05, 3.63) is 54.6 Å². The SMILES string of the molecule is COc1ccc(N(C[C@H](O)CN(C)C)S(=O)(=O)c2ccccc2)cc1. The second-order valence-electron chi connectivity index (χ2n) is 5.96. The average molecular weight is 364 g/mol. The minimum Gasteiger partial charge on any atom is -0.497 e. The predicted octanol–water partition coefficient (Wildman–Crippen LogP) is 1.81. The Morgan fingerprint density at radius 1 is 1.00 bits per heavy atom. The van der Waals surface area contributed by atoms with Crippen LogP contribution in [0.1, 0.15) is 0 Å². The number of rotatable bonds is 8. The topological polar surface area (TPSA) is 70.1 Å². The minimum atomic E-state index is -3.79. The molecule has 0 aliphatic heterocycles. The van der Waals surface area contributed by atoms with Crippen molar-refractivity contribution in [1.29, 1.82) is 0 Å². The van der Waals surface area contributed by atoms with Crippen molar-refractivity contribution in [3.63, 3.8) is 0 Å². The fourth-order valence-electron chi connectivity index (χ4n) is 2.48. The molecule has 0 heterocycles. The fourth-order valence-corrected chi connectivity index (χ4v) is 4.00. The van der Waals surface area contributed by atoms with Crippen molar-refractivity contribution in [2.45, 2.75) is 11.0 Å². The molecule has 0 unspecified atom stereocenters. The van der Waals surface area contributed by atoms with Gasteiger partial charge in [-0.15, -0.1) is 0 Å². The first-order valence-corrected chi connectivity index (χ1v) is 9.33. The number of ether oxygens (including phenoxy) is 1. The van der Waals surface area contributed by atoms with E-state index in [1.807, 2.05) is 19.0 Å². The first-order chi connectivity index (χ1) is 11.8. The van der Waals surface area contributed by atoms with Crippen molar-refractivity contribution in [2.75, 3.05) is 38.6 Å². The maximum absolute atomic E-state index is 13.1. The van der Waals surface area contributed by atoms with Gasteiger partial charge in [0.15, 0.2) is 0 Å². The van der Waals surface area contributed by atoms with E-state index in [1.54, 1.807) is 61.7 Å². The summed E-state index contributed by atoms with van der Waals surface area (Å²) in [5.74, 6) is 0.634. The molecule has 0 aliphatic rings. The summed E-state index contributed by atoms with van der Waals surface area (Å²) in [6.07, 6.45) is -0.824. The predicted molar refractivity (Wildman–Crippen MR) is 98.5 cm³/mol. The molecule has 2 rings (SSSR count). The Bertz CT molecular complexity index is 761. The molecular weight excluding hydrogens is 340 g/mol. The van der Waals surface area contributed by atoms with Crippen molar-refractivity contribution >= 4 is 15.7 Å². The van der Waals surface area contributed by atoms with Gasteiger partial charge in [-0.05, 0) is 50.5 Å². The zero-order valence-corrected chi connectivity index (χ0v) is 15.5. The summed E-state index contributed by atoms with van der Waals surface area (Å²) in [7, 11) is 1.41. The summed E-state index contributed by atoms with van der Waals surface area (Å²) in [6, 6.07) is 14.9. The molecule has 0 radical (unpaired) electrons. The van der Waals surface area contributed by atoms with Gasteiger partial charge in [-0.3, -0.25) is 4.31 Å². The van der Waals surface area contributed by atoms with Gasteiger partial charge in [0.1, 0.15) is 5.75 Å². The largest absolute Gasteiger partial charge is 0.497 e. The number of hydrogen-bond acceptors (Lipinski definition) is 5. The third-order valence-corrected chi connectivity index (χ3v) is 5.45. The lowest BCUT2D eigenvalue weighted by Crippen LogP contribution is -2.41. The number of benzene rings is 2. The summed E-state index contributed by atoms with van der Waals surface area (Å²) in [5, 5.41) is 10.3. The number of hydrogen-bond donors (Lipinski definition) is 1. The maximum Gasteiger partial charge on any atom is 0.264 e. The molecule has 0 aliphatic carbocycles. The van der Waals surface area contributed by atoms with E-state index < -0.39 is 16.1 Å². The molecule has 0 fully saturated rings. The second-order valence-corrected chi connectivity index (χ2v) is 7.83. The Kier molecular flexibility index (Phi) is 6.41. The van der Waals surface area contributed by atoms with Crippen LogP contribution in [-0.2, 0) is 10.0 Å². The van der Waals surface area contributed by atoms with Crippen LogP contribution in [0.5, 0.6) is 5.75 Å². The molecule has 0 amide bonds. The molecule has 2 aromatic rings. The van der Waals surface area contributed by atoms with Crippen LogP contribution >= 0.6 is 0 Å². The van der Waals surface area contributed by atoms with E-state index in [4.69, 9.17) is 4.74 Å². The van der Waals surface area contributed by atoms with E-state index in [1.165, 1.54) is 4.31 Å². The Morgan fingerprint density at radius 2 is 1.60 bits per heavy atom. The molecule has 2 aromatic carbocycles. The summed E-state index contributed by atoms with van der Waals surface area (Å²) < 4.78 is 32.5. The Balaban J connectivity index is 2.40. The van der Waals surface area contributed by atoms with E-state index in [2.05, 4.69) is 0 Å². The van der Waals surface area contributed by atoms with Crippen LogP contribution in [0.15, 0.2) is 59.5 Å². The fraction of sp³-hybridized carbons (Fsp3) is 0.333. The number of sulfonamides is 1. The molecular formula is C18H24N2O4S. The normalized spacial score (nSPS) is 12.8. The molecule has 0 saturated carbocycles. The van der Waals surface area contributed by atoms with Crippen LogP contribution in [0, 0.1) is 0 Å². The van der Waals surface area contributed by atoms with E-state index in [0.29, 0.717) is 18.0 Å². The number of aliphatic hydroxyl groups is 1. The van der Waals surface area contributed by atoms with Crippen LogP contribution in [0.4, 0.5) is 5.69 Å². The summed E-state index contributed by atoms with van der Waals surface area (Å²) >= 11 is 0. The summed E-state index contributed by atoms with van der Waals surface area (Å²) in [5.41, 5.74) is 0.474. The zero-order valence-electron chi connectivity index (χ0n) is 14.7. The number of likely N-dealkylation sites (N-methyl/N-ethyl adjacent to an activating group) is 1. The van der Waals surface area contributed by atoms with Crippen molar-refractivity contribution in [1.82, 2.24) is 4.90 Å².